The van der Waals surface area contributed by atoms with Gasteiger partial charge in [-0.3, -0.25) is 4.99 Å². The molecule has 98 valence electrons. The lowest BCUT2D eigenvalue weighted by Gasteiger charge is -2.14. The number of nitrogens with one attached hydrogen (secondary N) is 1. The lowest BCUT2D eigenvalue weighted by Crippen LogP contribution is -2.33. The summed E-state index contributed by atoms with van der Waals surface area (Å²) in [6.45, 7) is 3.46. The fraction of sp³-hybridized carbons (Fsp3) is 0.500. The van der Waals surface area contributed by atoms with Crippen molar-refractivity contribution in [3.63, 3.8) is 0 Å². The number of halogens is 1. The number of nitrogens with two attached hydrogens (primary N) is 1. The van der Waals surface area contributed by atoms with Gasteiger partial charge in [-0.2, -0.15) is 0 Å². The van der Waals surface area contributed by atoms with Crippen LogP contribution in [0.15, 0.2) is 29.3 Å². The standard InChI is InChI=1S/C14H20FN3/c1-2-9-17-13(16)18-10-14(7-8-14)11-5-3-4-6-12(11)15/h3-6H,2,7-10H2,1H3,(H3,16,17,18). The van der Waals surface area contributed by atoms with Crippen molar-refractivity contribution in [3.05, 3.63) is 35.6 Å². The Bertz CT molecular complexity index is 438. The van der Waals surface area contributed by atoms with E-state index in [-0.39, 0.29) is 11.2 Å². The Morgan fingerprint density at radius 2 is 2.17 bits per heavy atom. The molecule has 1 aliphatic carbocycles. The monoisotopic (exact) mass is 249 g/mol. The van der Waals surface area contributed by atoms with Crippen LogP contribution in [0.2, 0.25) is 0 Å². The number of aliphatic imine (C=N–C) groups is 1. The molecule has 0 atom stereocenters. The number of guanidine groups is 1. The van der Waals surface area contributed by atoms with Gasteiger partial charge in [0, 0.05) is 12.0 Å². The number of hydrogen-bond donors (Lipinski definition) is 2. The molecule has 3 N–H and O–H groups in total. The Morgan fingerprint density at radius 1 is 1.44 bits per heavy atom. The molecule has 0 radical (unpaired) electrons. The van der Waals surface area contributed by atoms with Crippen molar-refractivity contribution in [1.82, 2.24) is 5.32 Å². The third-order valence-electron chi connectivity index (χ3n) is 3.41. The molecule has 1 aromatic rings. The van der Waals surface area contributed by atoms with E-state index in [2.05, 4.69) is 17.2 Å². The van der Waals surface area contributed by atoms with E-state index >= 15 is 0 Å². The van der Waals surface area contributed by atoms with Gasteiger partial charge in [-0.05, 0) is 30.9 Å². The summed E-state index contributed by atoms with van der Waals surface area (Å²) in [6, 6.07) is 6.96. The maximum atomic E-state index is 13.8. The van der Waals surface area contributed by atoms with Gasteiger partial charge in [0.1, 0.15) is 5.82 Å². The van der Waals surface area contributed by atoms with Crippen LogP contribution in [-0.2, 0) is 5.41 Å². The summed E-state index contributed by atoms with van der Waals surface area (Å²) in [7, 11) is 0. The maximum absolute atomic E-state index is 13.8. The molecule has 3 nitrogen and oxygen atoms in total. The number of rotatable bonds is 5. The zero-order valence-corrected chi connectivity index (χ0v) is 10.7. The van der Waals surface area contributed by atoms with Crippen LogP contribution in [-0.4, -0.2) is 19.0 Å². The molecule has 0 bridgehead atoms. The first-order valence-electron chi connectivity index (χ1n) is 6.47. The molecule has 1 saturated carbocycles. The van der Waals surface area contributed by atoms with Crippen molar-refractivity contribution < 1.29 is 4.39 Å². The van der Waals surface area contributed by atoms with Crippen LogP contribution >= 0.6 is 0 Å². The van der Waals surface area contributed by atoms with Crippen LogP contribution in [0.3, 0.4) is 0 Å². The van der Waals surface area contributed by atoms with Crippen LogP contribution in [0.1, 0.15) is 31.7 Å². The average Bonchev–Trinajstić information content (AvgIpc) is 3.15. The minimum absolute atomic E-state index is 0.121. The lowest BCUT2D eigenvalue weighted by atomic mass is 9.95. The average molecular weight is 249 g/mol. The zero-order valence-electron chi connectivity index (χ0n) is 10.7. The van der Waals surface area contributed by atoms with Crippen molar-refractivity contribution >= 4 is 5.96 Å². The van der Waals surface area contributed by atoms with Crippen molar-refractivity contribution in [1.29, 1.82) is 0 Å². The van der Waals surface area contributed by atoms with Crippen LogP contribution < -0.4 is 11.1 Å². The summed E-state index contributed by atoms with van der Waals surface area (Å²) in [4.78, 5) is 4.33. The number of benzene rings is 1. The quantitative estimate of drug-likeness (QED) is 0.620. The summed E-state index contributed by atoms with van der Waals surface area (Å²) in [5, 5.41) is 3.03. The zero-order chi connectivity index (χ0) is 13.0. The molecule has 18 heavy (non-hydrogen) atoms. The third kappa shape index (κ3) is 2.81. The van der Waals surface area contributed by atoms with Crippen LogP contribution in [0, 0.1) is 5.82 Å². The Hall–Kier alpha value is -1.58. The predicted molar refractivity (Wildman–Crippen MR) is 72.1 cm³/mol. The van der Waals surface area contributed by atoms with Gasteiger partial charge in [-0.25, -0.2) is 4.39 Å². The van der Waals surface area contributed by atoms with Crippen LogP contribution in [0.5, 0.6) is 0 Å². The SMILES string of the molecule is CCCNC(N)=NCC1(c2ccccc2F)CC1. The van der Waals surface area contributed by atoms with E-state index in [0.717, 1.165) is 31.4 Å². The highest BCUT2D eigenvalue weighted by Crippen LogP contribution is 2.49. The largest absolute Gasteiger partial charge is 0.370 e. The molecule has 0 amide bonds. The summed E-state index contributed by atoms with van der Waals surface area (Å²) in [5.74, 6) is 0.324. The first kappa shape index (κ1) is 12.9. The second-order valence-electron chi connectivity index (χ2n) is 4.89. The molecular formula is C14H20FN3. The Kier molecular flexibility index (Phi) is 3.84. The molecule has 0 aliphatic heterocycles. The molecular weight excluding hydrogens is 229 g/mol. The Morgan fingerprint density at radius 3 is 2.78 bits per heavy atom. The molecule has 0 aromatic heterocycles. The highest BCUT2D eigenvalue weighted by Gasteiger charge is 2.45. The van der Waals surface area contributed by atoms with E-state index in [4.69, 9.17) is 5.73 Å². The summed E-state index contributed by atoms with van der Waals surface area (Å²) < 4.78 is 13.8. The fourth-order valence-corrected chi connectivity index (χ4v) is 2.10. The van der Waals surface area contributed by atoms with Gasteiger partial charge >= 0.3 is 0 Å². The van der Waals surface area contributed by atoms with Gasteiger partial charge in [0.25, 0.3) is 0 Å². The molecule has 1 fully saturated rings. The molecule has 0 unspecified atom stereocenters. The Balaban J connectivity index is 2.03. The predicted octanol–water partition coefficient (Wildman–Crippen LogP) is 2.17. The van der Waals surface area contributed by atoms with Gasteiger partial charge in [0.2, 0.25) is 0 Å². The highest BCUT2D eigenvalue weighted by molar-refractivity contribution is 5.77. The van der Waals surface area contributed by atoms with E-state index in [1.54, 1.807) is 6.07 Å². The van der Waals surface area contributed by atoms with E-state index in [1.165, 1.54) is 6.07 Å². The first-order valence-corrected chi connectivity index (χ1v) is 6.47. The van der Waals surface area contributed by atoms with Gasteiger partial charge in [-0.15, -0.1) is 0 Å². The normalized spacial score (nSPS) is 17.6. The topological polar surface area (TPSA) is 50.4 Å². The van der Waals surface area contributed by atoms with Gasteiger partial charge in [-0.1, -0.05) is 25.1 Å². The molecule has 1 aromatic carbocycles. The molecule has 2 rings (SSSR count). The smallest absolute Gasteiger partial charge is 0.188 e. The fourth-order valence-electron chi connectivity index (χ4n) is 2.10. The van der Waals surface area contributed by atoms with Crippen LogP contribution in [0.4, 0.5) is 4.39 Å². The van der Waals surface area contributed by atoms with Crippen molar-refractivity contribution in [2.24, 2.45) is 10.7 Å². The van der Waals surface area contributed by atoms with E-state index in [9.17, 15) is 4.39 Å². The molecule has 4 heteroatoms. The van der Waals surface area contributed by atoms with E-state index < -0.39 is 0 Å². The van der Waals surface area contributed by atoms with Crippen molar-refractivity contribution in [2.75, 3.05) is 13.1 Å². The minimum atomic E-state index is -0.134. The molecule has 0 spiro atoms. The second-order valence-corrected chi connectivity index (χ2v) is 4.89. The summed E-state index contributed by atoms with van der Waals surface area (Å²) in [5.41, 5.74) is 6.41. The number of nitrogens with zero attached hydrogens (tertiary/aromatic N) is 1. The van der Waals surface area contributed by atoms with Gasteiger partial charge in [0.15, 0.2) is 5.96 Å². The Labute approximate surface area is 107 Å². The van der Waals surface area contributed by atoms with Crippen molar-refractivity contribution in [3.8, 4) is 0 Å². The van der Waals surface area contributed by atoms with Gasteiger partial charge in [0.05, 0.1) is 6.54 Å². The summed E-state index contributed by atoms with van der Waals surface area (Å²) in [6.07, 6.45) is 2.98. The maximum Gasteiger partial charge on any atom is 0.188 e. The highest BCUT2D eigenvalue weighted by atomic mass is 19.1. The molecule has 0 saturated heterocycles. The van der Waals surface area contributed by atoms with E-state index in [0.29, 0.717) is 12.5 Å². The first-order chi connectivity index (χ1) is 8.68. The van der Waals surface area contributed by atoms with Gasteiger partial charge < -0.3 is 11.1 Å². The van der Waals surface area contributed by atoms with Crippen molar-refractivity contribution in [2.45, 2.75) is 31.6 Å². The minimum Gasteiger partial charge on any atom is -0.370 e. The second kappa shape index (κ2) is 5.38. The summed E-state index contributed by atoms with van der Waals surface area (Å²) >= 11 is 0. The molecule has 0 heterocycles. The third-order valence-corrected chi connectivity index (χ3v) is 3.41. The molecule has 1 aliphatic rings. The number of hydrogen-bond acceptors (Lipinski definition) is 1. The lowest BCUT2D eigenvalue weighted by molar-refractivity contribution is 0.573. The van der Waals surface area contributed by atoms with Crippen LogP contribution in [0.25, 0.3) is 0 Å². The van der Waals surface area contributed by atoms with E-state index in [1.807, 2.05) is 12.1 Å².